The molecule has 0 aliphatic carbocycles. The Morgan fingerprint density at radius 1 is 1.18 bits per heavy atom. The number of benzene rings is 2. The summed E-state index contributed by atoms with van der Waals surface area (Å²) >= 11 is 0. The number of hydrazone groups is 1. The lowest BCUT2D eigenvalue weighted by atomic mass is 10.1. The Morgan fingerprint density at radius 2 is 1.91 bits per heavy atom. The number of nitrogens with zero attached hydrogens (tertiary/aromatic N) is 1. The second kappa shape index (κ2) is 7.41. The number of ether oxygens (including phenoxy) is 1. The molecular weight excluding hydrogens is 276 g/mol. The molecule has 0 saturated heterocycles. The van der Waals surface area contributed by atoms with E-state index < -0.39 is 0 Å². The molecule has 22 heavy (non-hydrogen) atoms. The predicted octanol–water partition coefficient (Wildman–Crippen LogP) is 3.09. The topological polar surface area (TPSA) is 50.7 Å². The van der Waals surface area contributed by atoms with Gasteiger partial charge in [0.05, 0.1) is 19.2 Å². The van der Waals surface area contributed by atoms with Crippen LogP contribution < -0.4 is 10.2 Å². The van der Waals surface area contributed by atoms with E-state index in [4.69, 9.17) is 4.74 Å². The minimum absolute atomic E-state index is 0.142. The van der Waals surface area contributed by atoms with Crippen molar-refractivity contribution < 1.29 is 9.53 Å². The molecular formula is C18H20N2O2. The first-order valence-corrected chi connectivity index (χ1v) is 7.11. The maximum Gasteiger partial charge on any atom is 0.244 e. The van der Waals surface area contributed by atoms with Crippen molar-refractivity contribution >= 4 is 11.6 Å². The van der Waals surface area contributed by atoms with Gasteiger partial charge in [-0.25, -0.2) is 5.43 Å². The smallest absolute Gasteiger partial charge is 0.244 e. The van der Waals surface area contributed by atoms with E-state index in [1.165, 1.54) is 0 Å². The molecule has 0 atom stereocenters. The van der Waals surface area contributed by atoms with Crippen molar-refractivity contribution in [1.82, 2.24) is 5.43 Å². The quantitative estimate of drug-likeness (QED) is 0.681. The average Bonchev–Trinajstić information content (AvgIpc) is 2.53. The molecule has 4 nitrogen and oxygen atoms in total. The van der Waals surface area contributed by atoms with Crippen LogP contribution in [0, 0.1) is 6.92 Å². The van der Waals surface area contributed by atoms with E-state index in [0.29, 0.717) is 0 Å². The summed E-state index contributed by atoms with van der Waals surface area (Å²) in [5.41, 5.74) is 6.47. The molecule has 2 aromatic rings. The minimum Gasteiger partial charge on any atom is -0.497 e. The van der Waals surface area contributed by atoms with Gasteiger partial charge in [0.2, 0.25) is 5.91 Å². The molecule has 1 amide bonds. The maximum atomic E-state index is 11.9. The summed E-state index contributed by atoms with van der Waals surface area (Å²) in [4.78, 5) is 11.9. The normalized spacial score (nSPS) is 11.1. The van der Waals surface area contributed by atoms with Gasteiger partial charge in [-0.1, -0.05) is 42.0 Å². The molecule has 0 fully saturated rings. The molecule has 0 bridgehead atoms. The first kappa shape index (κ1) is 15.8. The Balaban J connectivity index is 1.95. The van der Waals surface area contributed by atoms with E-state index in [0.717, 1.165) is 28.2 Å². The van der Waals surface area contributed by atoms with Crippen molar-refractivity contribution in [2.45, 2.75) is 20.3 Å². The summed E-state index contributed by atoms with van der Waals surface area (Å²) in [5, 5.41) is 4.16. The van der Waals surface area contributed by atoms with E-state index in [2.05, 4.69) is 10.5 Å². The van der Waals surface area contributed by atoms with Crippen LogP contribution in [-0.4, -0.2) is 18.7 Å². The summed E-state index contributed by atoms with van der Waals surface area (Å²) in [6.45, 7) is 3.90. The Labute approximate surface area is 130 Å². The van der Waals surface area contributed by atoms with Crippen molar-refractivity contribution in [2.24, 2.45) is 5.10 Å². The van der Waals surface area contributed by atoms with Crippen molar-refractivity contribution in [3.63, 3.8) is 0 Å². The fourth-order valence-corrected chi connectivity index (χ4v) is 2.05. The zero-order valence-corrected chi connectivity index (χ0v) is 13.1. The third-order valence-corrected chi connectivity index (χ3v) is 3.31. The largest absolute Gasteiger partial charge is 0.497 e. The molecule has 0 aromatic heterocycles. The Kier molecular flexibility index (Phi) is 5.31. The monoisotopic (exact) mass is 296 g/mol. The van der Waals surface area contributed by atoms with E-state index in [9.17, 15) is 4.79 Å². The fraction of sp³-hybridized carbons (Fsp3) is 0.222. The molecule has 2 aromatic carbocycles. The minimum atomic E-state index is -0.142. The van der Waals surface area contributed by atoms with Crippen LogP contribution in [0.2, 0.25) is 0 Å². The number of aryl methyl sites for hydroxylation is 1. The standard InChI is InChI=1S/C18H20N2O2/c1-13-5-4-6-16(11-13)14(2)19-20-18(21)12-15-7-9-17(22-3)10-8-15/h4-11H,12H2,1-3H3,(H,20,21)/b19-14+. The molecule has 0 aliphatic rings. The van der Waals surface area contributed by atoms with Gasteiger partial charge in [0.25, 0.3) is 0 Å². The van der Waals surface area contributed by atoms with Crippen LogP contribution >= 0.6 is 0 Å². The number of hydrogen-bond donors (Lipinski definition) is 1. The van der Waals surface area contributed by atoms with Crippen molar-refractivity contribution in [1.29, 1.82) is 0 Å². The highest BCUT2D eigenvalue weighted by Crippen LogP contribution is 2.11. The second-order valence-electron chi connectivity index (χ2n) is 5.13. The van der Waals surface area contributed by atoms with Crippen LogP contribution in [0.5, 0.6) is 5.75 Å². The zero-order chi connectivity index (χ0) is 15.9. The summed E-state index contributed by atoms with van der Waals surface area (Å²) in [6.07, 6.45) is 0.286. The summed E-state index contributed by atoms with van der Waals surface area (Å²) in [5.74, 6) is 0.634. The van der Waals surface area contributed by atoms with Crippen LogP contribution in [-0.2, 0) is 11.2 Å². The van der Waals surface area contributed by atoms with E-state index >= 15 is 0 Å². The number of amides is 1. The van der Waals surface area contributed by atoms with Gasteiger partial charge in [-0.2, -0.15) is 5.10 Å². The van der Waals surface area contributed by atoms with Crippen LogP contribution in [0.15, 0.2) is 53.6 Å². The Hall–Kier alpha value is -2.62. The fourth-order valence-electron chi connectivity index (χ4n) is 2.05. The van der Waals surface area contributed by atoms with Crippen LogP contribution in [0.1, 0.15) is 23.6 Å². The highest BCUT2D eigenvalue weighted by atomic mass is 16.5. The van der Waals surface area contributed by atoms with Gasteiger partial charge in [0.1, 0.15) is 5.75 Å². The zero-order valence-electron chi connectivity index (χ0n) is 13.1. The van der Waals surface area contributed by atoms with Crippen molar-refractivity contribution in [3.05, 3.63) is 65.2 Å². The highest BCUT2D eigenvalue weighted by molar-refractivity contribution is 5.99. The first-order valence-electron chi connectivity index (χ1n) is 7.11. The van der Waals surface area contributed by atoms with E-state index in [-0.39, 0.29) is 12.3 Å². The molecule has 0 heterocycles. The molecule has 4 heteroatoms. The molecule has 1 N–H and O–H groups in total. The molecule has 114 valence electrons. The van der Waals surface area contributed by atoms with Gasteiger partial charge < -0.3 is 4.74 Å². The van der Waals surface area contributed by atoms with Gasteiger partial charge in [0.15, 0.2) is 0 Å². The molecule has 0 radical (unpaired) electrons. The Bertz CT molecular complexity index is 676. The first-order chi connectivity index (χ1) is 10.6. The number of carbonyl (C=O) groups excluding carboxylic acids is 1. The average molecular weight is 296 g/mol. The SMILES string of the molecule is COc1ccc(CC(=O)N/N=C(\C)c2cccc(C)c2)cc1. The van der Waals surface area contributed by atoms with Crippen LogP contribution in [0.25, 0.3) is 0 Å². The van der Waals surface area contributed by atoms with E-state index in [1.54, 1.807) is 7.11 Å². The summed E-state index contributed by atoms with van der Waals surface area (Å²) < 4.78 is 5.09. The summed E-state index contributed by atoms with van der Waals surface area (Å²) in [6, 6.07) is 15.4. The van der Waals surface area contributed by atoms with Gasteiger partial charge in [-0.15, -0.1) is 0 Å². The van der Waals surface area contributed by atoms with Crippen LogP contribution in [0.4, 0.5) is 0 Å². The van der Waals surface area contributed by atoms with Crippen molar-refractivity contribution in [2.75, 3.05) is 7.11 Å². The summed E-state index contributed by atoms with van der Waals surface area (Å²) in [7, 11) is 1.62. The van der Waals surface area contributed by atoms with Gasteiger partial charge in [0, 0.05) is 0 Å². The molecule has 0 saturated carbocycles. The lowest BCUT2D eigenvalue weighted by Gasteiger charge is -2.05. The van der Waals surface area contributed by atoms with Gasteiger partial charge in [-0.3, -0.25) is 4.79 Å². The van der Waals surface area contributed by atoms with Gasteiger partial charge in [-0.05, 0) is 37.1 Å². The molecule has 2 rings (SSSR count). The lowest BCUT2D eigenvalue weighted by Crippen LogP contribution is -2.21. The van der Waals surface area contributed by atoms with Gasteiger partial charge >= 0.3 is 0 Å². The third kappa shape index (κ3) is 4.45. The lowest BCUT2D eigenvalue weighted by molar-refractivity contribution is -0.120. The second-order valence-corrected chi connectivity index (χ2v) is 5.13. The van der Waals surface area contributed by atoms with E-state index in [1.807, 2.05) is 62.4 Å². The number of methoxy groups -OCH3 is 1. The molecule has 0 aliphatic heterocycles. The molecule has 0 spiro atoms. The highest BCUT2D eigenvalue weighted by Gasteiger charge is 2.04. The predicted molar refractivity (Wildman–Crippen MR) is 88.2 cm³/mol. The maximum absolute atomic E-state index is 11.9. The van der Waals surface area contributed by atoms with Crippen molar-refractivity contribution in [3.8, 4) is 5.75 Å². The third-order valence-electron chi connectivity index (χ3n) is 3.31. The number of nitrogens with one attached hydrogen (secondary N) is 1. The number of hydrogen-bond acceptors (Lipinski definition) is 3. The van der Waals surface area contributed by atoms with Crippen LogP contribution in [0.3, 0.4) is 0 Å². The number of carbonyl (C=O) groups is 1. The molecule has 0 unspecified atom stereocenters. The number of rotatable bonds is 5. The Morgan fingerprint density at radius 3 is 2.55 bits per heavy atom.